The molecule has 0 aromatic heterocycles. The van der Waals surface area contributed by atoms with E-state index in [1.54, 1.807) is 18.7 Å². The first-order chi connectivity index (χ1) is 9.54. The SMILES string of the molecule is CSc1ccc(C(C)(NCCCN=[N+]=[N-])C(N)=O)cc1. The zero-order valence-electron chi connectivity index (χ0n) is 11.7. The summed E-state index contributed by atoms with van der Waals surface area (Å²) in [5.41, 5.74) is 13.6. The van der Waals surface area contributed by atoms with Crippen LogP contribution in [0.15, 0.2) is 34.3 Å². The number of azide groups is 1. The number of amides is 1. The van der Waals surface area contributed by atoms with E-state index < -0.39 is 11.4 Å². The van der Waals surface area contributed by atoms with Crippen LogP contribution in [-0.4, -0.2) is 25.3 Å². The zero-order chi connectivity index (χ0) is 15.0. The van der Waals surface area contributed by atoms with Gasteiger partial charge in [-0.1, -0.05) is 17.2 Å². The van der Waals surface area contributed by atoms with Crippen LogP contribution in [0.5, 0.6) is 0 Å². The number of hydrogen-bond acceptors (Lipinski definition) is 4. The molecule has 1 atom stereocenters. The minimum absolute atomic E-state index is 0.393. The Hall–Kier alpha value is -1.69. The lowest BCUT2D eigenvalue weighted by atomic mass is 9.91. The van der Waals surface area contributed by atoms with Crippen molar-refractivity contribution in [3.63, 3.8) is 0 Å². The van der Waals surface area contributed by atoms with Crippen LogP contribution in [0.3, 0.4) is 0 Å². The van der Waals surface area contributed by atoms with Gasteiger partial charge in [0.1, 0.15) is 5.54 Å². The number of nitrogens with zero attached hydrogens (tertiary/aromatic N) is 3. The number of hydrogen-bond donors (Lipinski definition) is 2. The molecular weight excluding hydrogens is 274 g/mol. The van der Waals surface area contributed by atoms with Gasteiger partial charge in [0.05, 0.1) is 0 Å². The summed E-state index contributed by atoms with van der Waals surface area (Å²) in [6, 6.07) is 7.72. The molecule has 0 saturated carbocycles. The normalized spacial score (nSPS) is 13.3. The molecule has 20 heavy (non-hydrogen) atoms. The fourth-order valence-electron chi connectivity index (χ4n) is 1.79. The molecule has 1 amide bonds. The lowest BCUT2D eigenvalue weighted by Gasteiger charge is -2.28. The standard InChI is InChI=1S/C13H19N5OS/c1-13(12(14)19,16-8-3-9-17-18-15)10-4-6-11(20-2)7-5-10/h4-7,16H,3,8-9H2,1-2H3,(H2,14,19). The number of carbonyl (C=O) groups is 1. The van der Waals surface area contributed by atoms with Crippen LogP contribution in [0.4, 0.5) is 0 Å². The molecule has 6 nitrogen and oxygen atoms in total. The summed E-state index contributed by atoms with van der Waals surface area (Å²) < 4.78 is 0. The average molecular weight is 293 g/mol. The molecule has 0 spiro atoms. The molecule has 0 heterocycles. The second kappa shape index (κ2) is 7.79. The Kier molecular flexibility index (Phi) is 6.38. The maximum atomic E-state index is 11.8. The number of benzene rings is 1. The van der Waals surface area contributed by atoms with Gasteiger partial charge in [-0.2, -0.15) is 0 Å². The molecule has 0 radical (unpaired) electrons. The summed E-state index contributed by atoms with van der Waals surface area (Å²) in [6.45, 7) is 2.70. The van der Waals surface area contributed by atoms with Crippen LogP contribution in [0, 0.1) is 0 Å². The molecule has 1 unspecified atom stereocenters. The van der Waals surface area contributed by atoms with Crippen molar-refractivity contribution in [2.24, 2.45) is 10.8 Å². The van der Waals surface area contributed by atoms with Crippen LogP contribution in [0.1, 0.15) is 18.9 Å². The second-order valence-electron chi connectivity index (χ2n) is 4.45. The van der Waals surface area contributed by atoms with Gasteiger partial charge in [-0.05, 0) is 49.4 Å². The molecule has 0 aliphatic heterocycles. The van der Waals surface area contributed by atoms with Crippen molar-refractivity contribution in [2.75, 3.05) is 19.3 Å². The van der Waals surface area contributed by atoms with E-state index in [1.807, 2.05) is 30.5 Å². The van der Waals surface area contributed by atoms with Crippen LogP contribution in [0.25, 0.3) is 10.4 Å². The average Bonchev–Trinajstić information content (AvgIpc) is 2.46. The van der Waals surface area contributed by atoms with E-state index in [0.717, 1.165) is 10.5 Å². The van der Waals surface area contributed by atoms with Crippen molar-refractivity contribution < 1.29 is 4.79 Å². The number of nitrogens with two attached hydrogens (primary N) is 1. The van der Waals surface area contributed by atoms with Crippen molar-refractivity contribution in [1.29, 1.82) is 0 Å². The van der Waals surface area contributed by atoms with Gasteiger partial charge < -0.3 is 5.73 Å². The maximum absolute atomic E-state index is 11.8. The van der Waals surface area contributed by atoms with Crippen molar-refractivity contribution >= 4 is 17.7 Å². The van der Waals surface area contributed by atoms with Crippen molar-refractivity contribution in [3.8, 4) is 0 Å². The first kappa shape index (κ1) is 16.4. The Morgan fingerprint density at radius 1 is 1.50 bits per heavy atom. The van der Waals surface area contributed by atoms with Crippen LogP contribution >= 0.6 is 11.8 Å². The molecule has 108 valence electrons. The number of rotatable bonds is 8. The number of carbonyl (C=O) groups excluding carboxylic acids is 1. The van der Waals surface area contributed by atoms with E-state index in [0.29, 0.717) is 19.5 Å². The fraction of sp³-hybridized carbons (Fsp3) is 0.462. The fourth-order valence-corrected chi connectivity index (χ4v) is 2.20. The minimum Gasteiger partial charge on any atom is -0.368 e. The lowest BCUT2D eigenvalue weighted by molar-refractivity contribution is -0.124. The van der Waals surface area contributed by atoms with Crippen LogP contribution < -0.4 is 11.1 Å². The van der Waals surface area contributed by atoms with Crippen LogP contribution in [-0.2, 0) is 10.3 Å². The summed E-state index contributed by atoms with van der Waals surface area (Å²) in [7, 11) is 0. The Labute approximate surface area is 122 Å². The van der Waals surface area contributed by atoms with E-state index in [-0.39, 0.29) is 0 Å². The Balaban J connectivity index is 2.79. The molecule has 1 rings (SSSR count). The van der Waals surface area contributed by atoms with Gasteiger partial charge in [-0.15, -0.1) is 11.8 Å². The van der Waals surface area contributed by atoms with Crippen molar-refractivity contribution in [1.82, 2.24) is 5.32 Å². The first-order valence-electron chi connectivity index (χ1n) is 6.25. The van der Waals surface area contributed by atoms with Crippen molar-refractivity contribution in [2.45, 2.75) is 23.8 Å². The highest BCUT2D eigenvalue weighted by Crippen LogP contribution is 2.23. The molecule has 0 fully saturated rings. The van der Waals surface area contributed by atoms with Crippen LogP contribution in [0.2, 0.25) is 0 Å². The Morgan fingerprint density at radius 3 is 2.65 bits per heavy atom. The first-order valence-corrected chi connectivity index (χ1v) is 7.47. The minimum atomic E-state index is -0.923. The molecule has 1 aromatic rings. The predicted molar refractivity (Wildman–Crippen MR) is 81.4 cm³/mol. The van der Waals surface area contributed by atoms with Gasteiger partial charge >= 0.3 is 0 Å². The third-order valence-electron chi connectivity index (χ3n) is 3.14. The zero-order valence-corrected chi connectivity index (χ0v) is 12.5. The highest BCUT2D eigenvalue weighted by Gasteiger charge is 2.32. The largest absolute Gasteiger partial charge is 0.368 e. The monoisotopic (exact) mass is 293 g/mol. The molecule has 3 N–H and O–H groups in total. The molecule has 1 aromatic carbocycles. The summed E-state index contributed by atoms with van der Waals surface area (Å²) in [5, 5.41) is 6.60. The van der Waals surface area contributed by atoms with Gasteiger partial charge in [-0.3, -0.25) is 10.1 Å². The lowest BCUT2D eigenvalue weighted by Crippen LogP contribution is -2.50. The summed E-state index contributed by atoms with van der Waals surface area (Å²) in [6.07, 6.45) is 2.64. The number of nitrogens with one attached hydrogen (secondary N) is 1. The van der Waals surface area contributed by atoms with E-state index in [9.17, 15) is 4.79 Å². The van der Waals surface area contributed by atoms with E-state index in [4.69, 9.17) is 11.3 Å². The number of primary amides is 1. The summed E-state index contributed by atoms with van der Waals surface area (Å²) >= 11 is 1.64. The van der Waals surface area contributed by atoms with E-state index >= 15 is 0 Å². The summed E-state index contributed by atoms with van der Waals surface area (Å²) in [4.78, 5) is 15.6. The second-order valence-corrected chi connectivity index (χ2v) is 5.33. The highest BCUT2D eigenvalue weighted by atomic mass is 32.2. The Bertz CT molecular complexity index is 498. The van der Waals surface area contributed by atoms with E-state index in [2.05, 4.69) is 15.3 Å². The predicted octanol–water partition coefficient (Wildman–Crippen LogP) is 2.40. The van der Waals surface area contributed by atoms with E-state index in [1.165, 1.54) is 0 Å². The highest BCUT2D eigenvalue weighted by molar-refractivity contribution is 7.98. The molecule has 0 aliphatic carbocycles. The molecular formula is C13H19N5OS. The third-order valence-corrected chi connectivity index (χ3v) is 3.88. The smallest absolute Gasteiger partial charge is 0.242 e. The molecule has 0 bridgehead atoms. The molecule has 0 aliphatic rings. The van der Waals surface area contributed by atoms with Gasteiger partial charge in [0.15, 0.2) is 0 Å². The quantitative estimate of drug-likeness (QED) is 0.253. The van der Waals surface area contributed by atoms with Crippen molar-refractivity contribution in [3.05, 3.63) is 40.3 Å². The van der Waals surface area contributed by atoms with Gasteiger partial charge in [0, 0.05) is 16.4 Å². The third kappa shape index (κ3) is 4.16. The Morgan fingerprint density at radius 2 is 2.15 bits per heavy atom. The molecule has 7 heteroatoms. The summed E-state index contributed by atoms with van der Waals surface area (Å²) in [5.74, 6) is -0.432. The van der Waals surface area contributed by atoms with Gasteiger partial charge in [0.2, 0.25) is 5.91 Å². The van der Waals surface area contributed by atoms with Gasteiger partial charge in [-0.25, -0.2) is 0 Å². The van der Waals surface area contributed by atoms with Gasteiger partial charge in [0.25, 0.3) is 0 Å². The topological polar surface area (TPSA) is 104 Å². The maximum Gasteiger partial charge on any atom is 0.242 e. The number of thioether (sulfide) groups is 1. The molecule has 0 saturated heterocycles.